The zero-order valence-electron chi connectivity index (χ0n) is 11.1. The van der Waals surface area contributed by atoms with E-state index in [0.29, 0.717) is 22.6 Å². The number of nitrogens with zero attached hydrogens (tertiary/aromatic N) is 1. The van der Waals surface area contributed by atoms with Crippen molar-refractivity contribution >= 4 is 17.3 Å². The standard InChI is InChI=1S/C15H14ClFN2O2/c16-12-5-6-15(19(20)21)11(7-12)9-13(18)8-10-3-1-2-4-14(10)17/h1-7,13H,8-9,18H2. The third-order valence-electron chi connectivity index (χ3n) is 3.16. The van der Waals surface area contributed by atoms with Crippen LogP contribution in [-0.4, -0.2) is 11.0 Å². The number of halogens is 2. The SMILES string of the molecule is NC(Cc1ccccc1F)Cc1cc(Cl)ccc1[N+](=O)[O-]. The van der Waals surface area contributed by atoms with Gasteiger partial charge in [-0.1, -0.05) is 29.8 Å². The smallest absolute Gasteiger partial charge is 0.272 e. The molecule has 0 radical (unpaired) electrons. The van der Waals surface area contributed by atoms with Crippen LogP contribution in [0.3, 0.4) is 0 Å². The first-order chi connectivity index (χ1) is 9.97. The molecule has 0 aromatic heterocycles. The summed E-state index contributed by atoms with van der Waals surface area (Å²) >= 11 is 5.87. The molecular weight excluding hydrogens is 295 g/mol. The van der Waals surface area contributed by atoms with E-state index in [0.717, 1.165) is 0 Å². The van der Waals surface area contributed by atoms with Gasteiger partial charge >= 0.3 is 0 Å². The average Bonchev–Trinajstić information content (AvgIpc) is 2.41. The van der Waals surface area contributed by atoms with Crippen LogP contribution >= 0.6 is 11.6 Å². The molecular formula is C15H14ClFN2O2. The van der Waals surface area contributed by atoms with E-state index in [1.807, 2.05) is 0 Å². The summed E-state index contributed by atoms with van der Waals surface area (Å²) in [5.41, 5.74) is 6.92. The van der Waals surface area contributed by atoms with Gasteiger partial charge in [0.15, 0.2) is 0 Å². The van der Waals surface area contributed by atoms with Gasteiger partial charge in [-0.3, -0.25) is 10.1 Å². The first-order valence-electron chi connectivity index (χ1n) is 6.39. The van der Waals surface area contributed by atoms with Gasteiger partial charge in [-0.2, -0.15) is 0 Å². The van der Waals surface area contributed by atoms with E-state index < -0.39 is 11.0 Å². The summed E-state index contributed by atoms with van der Waals surface area (Å²) in [5, 5.41) is 11.4. The van der Waals surface area contributed by atoms with Crippen molar-refractivity contribution < 1.29 is 9.31 Å². The van der Waals surface area contributed by atoms with Gasteiger partial charge in [-0.15, -0.1) is 0 Å². The number of rotatable bonds is 5. The molecule has 21 heavy (non-hydrogen) atoms. The molecule has 0 bridgehead atoms. The third kappa shape index (κ3) is 4.00. The Labute approximate surface area is 126 Å². The predicted molar refractivity (Wildman–Crippen MR) is 79.9 cm³/mol. The Hall–Kier alpha value is -1.98. The lowest BCUT2D eigenvalue weighted by Gasteiger charge is -2.13. The van der Waals surface area contributed by atoms with E-state index >= 15 is 0 Å². The molecule has 0 saturated carbocycles. The Morgan fingerprint density at radius 3 is 2.52 bits per heavy atom. The molecule has 0 saturated heterocycles. The second-order valence-electron chi connectivity index (χ2n) is 4.79. The lowest BCUT2D eigenvalue weighted by atomic mass is 9.98. The van der Waals surface area contributed by atoms with Gasteiger partial charge < -0.3 is 5.73 Å². The highest BCUT2D eigenvalue weighted by atomic mass is 35.5. The highest BCUT2D eigenvalue weighted by Crippen LogP contribution is 2.24. The molecule has 2 aromatic carbocycles. The van der Waals surface area contributed by atoms with Crippen molar-refractivity contribution in [3.05, 3.63) is 74.5 Å². The van der Waals surface area contributed by atoms with Crippen LogP contribution in [0.25, 0.3) is 0 Å². The molecule has 1 unspecified atom stereocenters. The minimum absolute atomic E-state index is 0.0246. The second kappa shape index (κ2) is 6.65. The van der Waals surface area contributed by atoms with Crippen LogP contribution in [0.2, 0.25) is 5.02 Å². The Bertz CT molecular complexity index is 664. The monoisotopic (exact) mass is 308 g/mol. The second-order valence-corrected chi connectivity index (χ2v) is 5.23. The van der Waals surface area contributed by atoms with Crippen molar-refractivity contribution in [2.24, 2.45) is 5.73 Å². The Morgan fingerprint density at radius 1 is 1.19 bits per heavy atom. The van der Waals surface area contributed by atoms with E-state index in [4.69, 9.17) is 17.3 Å². The first-order valence-corrected chi connectivity index (χ1v) is 6.77. The summed E-state index contributed by atoms with van der Waals surface area (Å²) in [4.78, 5) is 10.5. The molecule has 0 aliphatic carbocycles. The third-order valence-corrected chi connectivity index (χ3v) is 3.40. The fourth-order valence-electron chi connectivity index (χ4n) is 2.20. The maximum atomic E-state index is 13.6. The molecule has 6 heteroatoms. The van der Waals surface area contributed by atoms with Crippen molar-refractivity contribution in [1.29, 1.82) is 0 Å². The number of hydrogen-bond donors (Lipinski definition) is 1. The lowest BCUT2D eigenvalue weighted by molar-refractivity contribution is -0.385. The normalized spacial score (nSPS) is 12.1. The summed E-state index contributed by atoms with van der Waals surface area (Å²) in [6.45, 7) is 0. The molecule has 1 atom stereocenters. The number of hydrogen-bond acceptors (Lipinski definition) is 3. The largest absolute Gasteiger partial charge is 0.327 e. The van der Waals surface area contributed by atoms with Crippen LogP contribution in [0.1, 0.15) is 11.1 Å². The van der Waals surface area contributed by atoms with E-state index in [1.54, 1.807) is 18.2 Å². The van der Waals surface area contributed by atoms with Gasteiger partial charge in [0, 0.05) is 22.7 Å². The summed E-state index contributed by atoms with van der Waals surface area (Å²) in [7, 11) is 0. The average molecular weight is 309 g/mol. The van der Waals surface area contributed by atoms with Crippen LogP contribution in [-0.2, 0) is 12.8 Å². The van der Waals surface area contributed by atoms with E-state index in [1.165, 1.54) is 24.3 Å². The molecule has 0 aliphatic rings. The highest BCUT2D eigenvalue weighted by Gasteiger charge is 2.17. The van der Waals surface area contributed by atoms with E-state index in [2.05, 4.69) is 0 Å². The number of nitro benzene ring substituents is 1. The quantitative estimate of drug-likeness (QED) is 0.679. The highest BCUT2D eigenvalue weighted by molar-refractivity contribution is 6.30. The molecule has 0 spiro atoms. The molecule has 0 heterocycles. The maximum absolute atomic E-state index is 13.6. The summed E-state index contributed by atoms with van der Waals surface area (Å²) in [5.74, 6) is -0.325. The zero-order valence-corrected chi connectivity index (χ0v) is 11.9. The fraction of sp³-hybridized carbons (Fsp3) is 0.200. The predicted octanol–water partition coefficient (Wildman–Crippen LogP) is 3.50. The summed E-state index contributed by atoms with van der Waals surface area (Å²) < 4.78 is 13.6. The molecule has 0 aliphatic heterocycles. The molecule has 4 nitrogen and oxygen atoms in total. The zero-order chi connectivity index (χ0) is 15.4. The van der Waals surface area contributed by atoms with Crippen molar-refractivity contribution in [2.75, 3.05) is 0 Å². The summed E-state index contributed by atoms with van der Waals surface area (Å²) in [6, 6.07) is 10.3. The minimum atomic E-state index is -0.471. The minimum Gasteiger partial charge on any atom is -0.327 e. The number of nitro groups is 1. The molecule has 0 amide bonds. The lowest BCUT2D eigenvalue weighted by Crippen LogP contribution is -2.26. The Morgan fingerprint density at radius 2 is 1.86 bits per heavy atom. The Balaban J connectivity index is 2.16. The van der Waals surface area contributed by atoms with Crippen molar-refractivity contribution in [1.82, 2.24) is 0 Å². The maximum Gasteiger partial charge on any atom is 0.272 e. The van der Waals surface area contributed by atoms with Crippen LogP contribution in [0.15, 0.2) is 42.5 Å². The van der Waals surface area contributed by atoms with Gasteiger partial charge in [0.25, 0.3) is 5.69 Å². The van der Waals surface area contributed by atoms with Gasteiger partial charge in [0.2, 0.25) is 0 Å². The van der Waals surface area contributed by atoms with Crippen LogP contribution in [0, 0.1) is 15.9 Å². The van der Waals surface area contributed by atoms with Gasteiger partial charge in [-0.05, 0) is 36.6 Å². The van der Waals surface area contributed by atoms with E-state index in [9.17, 15) is 14.5 Å². The molecule has 2 N–H and O–H groups in total. The Kier molecular flexibility index (Phi) is 4.88. The van der Waals surface area contributed by atoms with Crippen molar-refractivity contribution in [2.45, 2.75) is 18.9 Å². The fourth-order valence-corrected chi connectivity index (χ4v) is 2.39. The molecule has 0 fully saturated rings. The van der Waals surface area contributed by atoms with Crippen molar-refractivity contribution in [3.63, 3.8) is 0 Å². The van der Waals surface area contributed by atoms with Gasteiger partial charge in [-0.25, -0.2) is 4.39 Å². The molecule has 2 rings (SSSR count). The van der Waals surface area contributed by atoms with Gasteiger partial charge in [0.05, 0.1) is 4.92 Å². The van der Waals surface area contributed by atoms with Crippen LogP contribution in [0.4, 0.5) is 10.1 Å². The van der Waals surface area contributed by atoms with Gasteiger partial charge in [0.1, 0.15) is 5.82 Å². The van der Waals surface area contributed by atoms with E-state index in [-0.39, 0.29) is 17.9 Å². The van der Waals surface area contributed by atoms with Crippen LogP contribution in [0.5, 0.6) is 0 Å². The number of nitrogens with two attached hydrogens (primary N) is 1. The molecule has 110 valence electrons. The topological polar surface area (TPSA) is 69.2 Å². The van der Waals surface area contributed by atoms with Crippen molar-refractivity contribution in [3.8, 4) is 0 Å². The first kappa shape index (κ1) is 15.4. The number of benzene rings is 2. The van der Waals surface area contributed by atoms with Crippen LogP contribution < -0.4 is 5.73 Å². The summed E-state index contributed by atoms with van der Waals surface area (Å²) in [6.07, 6.45) is 0.557. The molecule has 2 aromatic rings.